The number of rotatable bonds is 9. The first-order valence-corrected chi connectivity index (χ1v) is 11.5. The van der Waals surface area contributed by atoms with E-state index in [-0.39, 0.29) is 29.1 Å². The number of halogens is 6. The Morgan fingerprint density at radius 3 is 2.51 bits per heavy atom. The van der Waals surface area contributed by atoms with E-state index in [1.165, 1.54) is 16.8 Å². The van der Waals surface area contributed by atoms with Gasteiger partial charge in [0.15, 0.2) is 11.6 Å². The van der Waals surface area contributed by atoms with Crippen molar-refractivity contribution in [2.75, 3.05) is 5.32 Å². The number of alkyl halides is 5. The number of hydrogen-bond acceptors (Lipinski definition) is 7. The molecular weight excluding hydrogens is 534 g/mol. The van der Waals surface area contributed by atoms with Gasteiger partial charge in [-0.15, -0.1) is 0 Å². The van der Waals surface area contributed by atoms with E-state index in [4.69, 9.17) is 0 Å². The smallest absolute Gasteiger partial charge is 0.423 e. The number of nitrogens with zero attached hydrogens (tertiary/aromatic N) is 4. The Hall–Kier alpha value is -4.43. The van der Waals surface area contributed by atoms with Crippen molar-refractivity contribution in [3.63, 3.8) is 0 Å². The maximum absolute atomic E-state index is 14.8. The number of aromatic nitrogens is 5. The molecule has 3 aromatic heterocycles. The van der Waals surface area contributed by atoms with Gasteiger partial charge in [0.05, 0.1) is 35.2 Å². The summed E-state index contributed by atoms with van der Waals surface area (Å²) in [7, 11) is 0. The number of fused-ring (bicyclic) bond motifs is 1. The van der Waals surface area contributed by atoms with E-state index >= 15 is 0 Å². The van der Waals surface area contributed by atoms with E-state index < -0.39 is 47.0 Å². The fourth-order valence-corrected chi connectivity index (χ4v) is 3.97. The molecule has 0 saturated heterocycles. The van der Waals surface area contributed by atoms with Gasteiger partial charge in [-0.1, -0.05) is 0 Å². The van der Waals surface area contributed by atoms with Crippen molar-refractivity contribution in [1.82, 2.24) is 24.7 Å². The van der Waals surface area contributed by atoms with Crippen LogP contribution in [0.25, 0.3) is 22.2 Å². The van der Waals surface area contributed by atoms with Crippen LogP contribution in [-0.4, -0.2) is 37.4 Å². The van der Waals surface area contributed by atoms with Crippen LogP contribution in [0.1, 0.15) is 25.3 Å². The highest BCUT2D eigenvalue weighted by molar-refractivity contribution is 5.86. The number of benzene rings is 1. The summed E-state index contributed by atoms with van der Waals surface area (Å²) in [6.45, 7) is -1.25. The quantitative estimate of drug-likeness (QED) is 0.291. The van der Waals surface area contributed by atoms with E-state index in [2.05, 4.69) is 25.1 Å². The molecule has 9 nitrogen and oxygen atoms in total. The third-order valence-electron chi connectivity index (χ3n) is 5.74. The summed E-state index contributed by atoms with van der Waals surface area (Å²) in [5.74, 6) is -1.19. The highest BCUT2D eigenvalue weighted by atomic mass is 19.4. The Labute approximate surface area is 215 Å². The van der Waals surface area contributed by atoms with Crippen LogP contribution in [0.5, 0.6) is 5.75 Å². The average molecular weight is 554 g/mol. The zero-order chi connectivity index (χ0) is 28.3. The molecule has 0 spiro atoms. The van der Waals surface area contributed by atoms with E-state index in [1.54, 1.807) is 18.1 Å². The summed E-state index contributed by atoms with van der Waals surface area (Å²) < 4.78 is 84.6. The van der Waals surface area contributed by atoms with Gasteiger partial charge in [0.2, 0.25) is 0 Å². The molecule has 0 radical (unpaired) electrons. The third kappa shape index (κ3) is 6.35. The lowest BCUT2D eigenvalue weighted by molar-refractivity contribution is -0.138. The van der Waals surface area contributed by atoms with Gasteiger partial charge in [-0.25, -0.2) is 19.5 Å². The van der Waals surface area contributed by atoms with Crippen molar-refractivity contribution in [3.8, 4) is 17.1 Å². The van der Waals surface area contributed by atoms with Crippen molar-refractivity contribution in [3.05, 3.63) is 75.1 Å². The van der Waals surface area contributed by atoms with Crippen LogP contribution < -0.4 is 21.2 Å². The number of pyridine rings is 1. The molecule has 4 rings (SSSR count). The molecule has 0 aliphatic rings. The first-order chi connectivity index (χ1) is 18.4. The largest absolute Gasteiger partial charge is 0.432 e. The number of aryl methyl sites for hydroxylation is 1. The standard InChI is InChI=1S/C24H20F6N6O3/c1-12(34-18-11-33-35-21(37)19(18)24(28,29)30)3-2-5-36-6-4-13-7-16(17(25)8-15(13)22(36)38)20-31-9-14(10-32-20)39-23(26)27/h4,6-12,23H,2-3,5H2,1H3,(H2,34,35,37)/t12-/m0/s1. The Balaban J connectivity index is 1.46. The molecule has 2 N–H and O–H groups in total. The molecule has 39 heavy (non-hydrogen) atoms. The van der Waals surface area contributed by atoms with Crippen LogP contribution in [-0.2, 0) is 12.7 Å². The lowest BCUT2D eigenvalue weighted by Crippen LogP contribution is -2.27. The van der Waals surface area contributed by atoms with Gasteiger partial charge in [-0.05, 0) is 43.4 Å². The number of anilines is 1. The highest BCUT2D eigenvalue weighted by Gasteiger charge is 2.37. The van der Waals surface area contributed by atoms with Gasteiger partial charge in [0, 0.05) is 18.8 Å². The summed E-state index contributed by atoms with van der Waals surface area (Å²) >= 11 is 0. The molecular formula is C24H20F6N6O3. The molecule has 0 unspecified atom stereocenters. The lowest BCUT2D eigenvalue weighted by atomic mass is 10.1. The fourth-order valence-electron chi connectivity index (χ4n) is 3.97. The summed E-state index contributed by atoms with van der Waals surface area (Å²) in [5.41, 5.74) is -3.72. The monoisotopic (exact) mass is 554 g/mol. The minimum absolute atomic E-state index is 0.0457. The molecule has 1 atom stereocenters. The van der Waals surface area contributed by atoms with Gasteiger partial charge in [0.1, 0.15) is 11.4 Å². The topological polar surface area (TPSA) is 115 Å². The molecule has 0 bridgehead atoms. The number of hydrogen-bond donors (Lipinski definition) is 2. The van der Waals surface area contributed by atoms with E-state index in [0.717, 1.165) is 24.7 Å². The number of H-pyrrole nitrogens is 1. The maximum Gasteiger partial charge on any atom is 0.423 e. The molecule has 0 aliphatic heterocycles. The first-order valence-electron chi connectivity index (χ1n) is 11.5. The van der Waals surface area contributed by atoms with Gasteiger partial charge >= 0.3 is 12.8 Å². The summed E-state index contributed by atoms with van der Waals surface area (Å²) in [6.07, 6.45) is 0.166. The van der Waals surface area contributed by atoms with E-state index in [0.29, 0.717) is 18.2 Å². The predicted molar refractivity (Wildman–Crippen MR) is 128 cm³/mol. The Morgan fingerprint density at radius 2 is 1.85 bits per heavy atom. The van der Waals surface area contributed by atoms with Crippen molar-refractivity contribution < 1.29 is 31.1 Å². The fraction of sp³-hybridized carbons (Fsp3) is 0.292. The number of nitrogens with one attached hydrogen (secondary N) is 2. The van der Waals surface area contributed by atoms with Crippen LogP contribution in [0.2, 0.25) is 0 Å². The third-order valence-corrected chi connectivity index (χ3v) is 5.74. The van der Waals surface area contributed by atoms with Crippen LogP contribution in [0.4, 0.5) is 32.0 Å². The second-order valence-corrected chi connectivity index (χ2v) is 8.53. The van der Waals surface area contributed by atoms with Crippen molar-refractivity contribution in [2.24, 2.45) is 0 Å². The van der Waals surface area contributed by atoms with Crippen LogP contribution in [0.3, 0.4) is 0 Å². The van der Waals surface area contributed by atoms with Gasteiger partial charge < -0.3 is 14.6 Å². The number of ether oxygens (including phenoxy) is 1. The Kier molecular flexibility index (Phi) is 7.88. The summed E-state index contributed by atoms with van der Waals surface area (Å²) in [4.78, 5) is 32.2. The van der Waals surface area contributed by atoms with Crippen LogP contribution in [0, 0.1) is 5.82 Å². The minimum atomic E-state index is -4.87. The van der Waals surface area contributed by atoms with Crippen molar-refractivity contribution in [2.45, 2.75) is 45.1 Å². The number of aromatic amines is 1. The second kappa shape index (κ2) is 11.1. The van der Waals surface area contributed by atoms with Crippen molar-refractivity contribution in [1.29, 1.82) is 0 Å². The first kappa shape index (κ1) is 27.6. The predicted octanol–water partition coefficient (Wildman–Crippen LogP) is 4.58. The summed E-state index contributed by atoms with van der Waals surface area (Å²) in [5, 5.41) is 8.27. The van der Waals surface area contributed by atoms with Gasteiger partial charge in [-0.3, -0.25) is 9.59 Å². The molecule has 0 fully saturated rings. The van der Waals surface area contributed by atoms with Gasteiger partial charge in [0.25, 0.3) is 11.1 Å². The Morgan fingerprint density at radius 1 is 1.13 bits per heavy atom. The molecule has 206 valence electrons. The molecule has 1 aromatic carbocycles. The van der Waals surface area contributed by atoms with Crippen LogP contribution in [0.15, 0.2) is 52.6 Å². The Bertz CT molecular complexity index is 1590. The molecule has 15 heteroatoms. The zero-order valence-electron chi connectivity index (χ0n) is 20.1. The molecule has 0 amide bonds. The highest BCUT2D eigenvalue weighted by Crippen LogP contribution is 2.32. The normalized spacial score (nSPS) is 12.6. The maximum atomic E-state index is 14.8. The summed E-state index contributed by atoms with van der Waals surface area (Å²) in [6, 6.07) is 3.47. The second-order valence-electron chi connectivity index (χ2n) is 8.53. The average Bonchev–Trinajstić information content (AvgIpc) is 2.85. The SMILES string of the molecule is C[C@@H](CCCn1ccc2cc(-c3ncc(OC(F)F)cn3)c(F)cc2c1=O)Nc1cn[nH]c(=O)c1C(F)(F)F. The van der Waals surface area contributed by atoms with E-state index in [1.807, 2.05) is 0 Å². The van der Waals surface area contributed by atoms with Gasteiger partial charge in [-0.2, -0.15) is 27.1 Å². The molecule has 3 heterocycles. The van der Waals surface area contributed by atoms with E-state index in [9.17, 15) is 35.9 Å². The van der Waals surface area contributed by atoms with Crippen molar-refractivity contribution >= 4 is 16.5 Å². The molecule has 4 aromatic rings. The minimum Gasteiger partial charge on any atom is -0.432 e. The molecule has 0 saturated carbocycles. The lowest BCUT2D eigenvalue weighted by Gasteiger charge is -2.18. The molecule has 0 aliphatic carbocycles. The van der Waals surface area contributed by atoms with Crippen LogP contribution >= 0.6 is 0 Å². The zero-order valence-corrected chi connectivity index (χ0v) is 20.1.